The van der Waals surface area contributed by atoms with Crippen molar-refractivity contribution < 1.29 is 19.4 Å². The van der Waals surface area contributed by atoms with Gasteiger partial charge in [0, 0.05) is 25.7 Å². The molecule has 0 aromatic heterocycles. The van der Waals surface area contributed by atoms with Crippen molar-refractivity contribution in [3.05, 3.63) is 0 Å². The van der Waals surface area contributed by atoms with Gasteiger partial charge in [0.25, 0.3) is 0 Å². The normalized spacial score (nSPS) is 27.8. The fourth-order valence-electron chi connectivity index (χ4n) is 3.18. The van der Waals surface area contributed by atoms with E-state index < -0.39 is 11.4 Å². The number of piperidine rings is 1. The van der Waals surface area contributed by atoms with E-state index in [1.807, 2.05) is 13.8 Å². The summed E-state index contributed by atoms with van der Waals surface area (Å²) in [6.07, 6.45) is 3.73. The van der Waals surface area contributed by atoms with E-state index in [4.69, 9.17) is 4.74 Å². The van der Waals surface area contributed by atoms with E-state index >= 15 is 0 Å². The van der Waals surface area contributed by atoms with Crippen LogP contribution in [0.2, 0.25) is 0 Å². The monoisotopic (exact) mass is 298 g/mol. The number of urea groups is 1. The van der Waals surface area contributed by atoms with Gasteiger partial charge in [-0.25, -0.2) is 4.79 Å². The van der Waals surface area contributed by atoms with Crippen LogP contribution in [0.25, 0.3) is 0 Å². The van der Waals surface area contributed by atoms with Crippen molar-refractivity contribution >= 4 is 12.0 Å². The van der Waals surface area contributed by atoms with Gasteiger partial charge in [-0.3, -0.25) is 4.79 Å². The molecule has 0 unspecified atom stereocenters. The summed E-state index contributed by atoms with van der Waals surface area (Å²) in [7, 11) is 0. The van der Waals surface area contributed by atoms with Gasteiger partial charge >= 0.3 is 12.0 Å². The molecule has 2 N–H and O–H groups in total. The van der Waals surface area contributed by atoms with Gasteiger partial charge in [0.05, 0.1) is 11.5 Å². The van der Waals surface area contributed by atoms with Gasteiger partial charge in [-0.15, -0.1) is 0 Å². The molecule has 0 aromatic carbocycles. The first-order chi connectivity index (χ1) is 10.0. The van der Waals surface area contributed by atoms with Crippen molar-refractivity contribution in [2.24, 2.45) is 5.41 Å². The zero-order chi connectivity index (χ0) is 15.5. The highest BCUT2D eigenvalue weighted by atomic mass is 16.5. The Bertz CT molecular complexity index is 385. The number of hydrogen-bond acceptors (Lipinski definition) is 3. The zero-order valence-electron chi connectivity index (χ0n) is 12.9. The number of carboxylic acid groups (broad SMARTS) is 1. The summed E-state index contributed by atoms with van der Waals surface area (Å²) in [4.78, 5) is 25.3. The Kier molecular flexibility index (Phi) is 5.08. The molecule has 2 fully saturated rings. The molecule has 21 heavy (non-hydrogen) atoms. The van der Waals surface area contributed by atoms with Gasteiger partial charge in [-0.1, -0.05) is 6.92 Å². The largest absolute Gasteiger partial charge is 0.481 e. The summed E-state index contributed by atoms with van der Waals surface area (Å²) in [5.41, 5.74) is -0.646. The van der Waals surface area contributed by atoms with Crippen LogP contribution in [-0.2, 0) is 9.53 Å². The van der Waals surface area contributed by atoms with Crippen LogP contribution in [0.5, 0.6) is 0 Å². The first-order valence-electron chi connectivity index (χ1n) is 7.91. The third-order valence-corrected chi connectivity index (χ3v) is 4.96. The standard InChI is InChI=1S/C15H26N2O4/c1-3-15(13(18)19)5-7-17(8-6-15)14(20)16-11-9-12(10-11)21-4-2/h11-12H,3-10H2,1-2H3,(H,16,20)(H,18,19). The van der Waals surface area contributed by atoms with Crippen molar-refractivity contribution in [3.8, 4) is 0 Å². The predicted molar refractivity (Wildman–Crippen MR) is 78.1 cm³/mol. The number of carboxylic acids is 1. The second-order valence-electron chi connectivity index (χ2n) is 6.12. The molecular formula is C15H26N2O4. The molecule has 1 heterocycles. The minimum atomic E-state index is -0.733. The topological polar surface area (TPSA) is 78.9 Å². The summed E-state index contributed by atoms with van der Waals surface area (Å²) in [5.74, 6) is -0.733. The number of ether oxygens (including phenoxy) is 1. The van der Waals surface area contributed by atoms with Gasteiger partial charge < -0.3 is 20.1 Å². The second-order valence-corrected chi connectivity index (χ2v) is 6.12. The summed E-state index contributed by atoms with van der Waals surface area (Å²) < 4.78 is 5.47. The molecule has 1 aliphatic carbocycles. The highest BCUT2D eigenvalue weighted by Gasteiger charge is 2.41. The molecule has 6 nitrogen and oxygen atoms in total. The van der Waals surface area contributed by atoms with Crippen LogP contribution in [-0.4, -0.2) is 53.8 Å². The first-order valence-corrected chi connectivity index (χ1v) is 7.91. The number of likely N-dealkylation sites (tertiary alicyclic amines) is 1. The Hall–Kier alpha value is -1.30. The number of hydrogen-bond donors (Lipinski definition) is 2. The molecule has 1 aliphatic heterocycles. The lowest BCUT2D eigenvalue weighted by Gasteiger charge is -2.40. The van der Waals surface area contributed by atoms with E-state index in [-0.39, 0.29) is 18.2 Å². The van der Waals surface area contributed by atoms with Gasteiger partial charge in [0.15, 0.2) is 0 Å². The van der Waals surface area contributed by atoms with Gasteiger partial charge in [-0.05, 0) is 39.0 Å². The molecule has 2 amide bonds. The maximum absolute atomic E-state index is 12.2. The summed E-state index contributed by atoms with van der Waals surface area (Å²) in [5, 5.41) is 12.4. The summed E-state index contributed by atoms with van der Waals surface area (Å²) in [6.45, 7) is 5.64. The molecule has 0 radical (unpaired) electrons. The van der Waals surface area contributed by atoms with E-state index in [1.165, 1.54) is 0 Å². The zero-order valence-corrected chi connectivity index (χ0v) is 12.9. The number of rotatable bonds is 5. The molecule has 6 heteroatoms. The SMILES string of the molecule is CCOC1CC(NC(=O)N2CCC(CC)(C(=O)O)CC2)C1. The van der Waals surface area contributed by atoms with E-state index in [2.05, 4.69) is 5.32 Å². The third kappa shape index (κ3) is 3.48. The van der Waals surface area contributed by atoms with Crippen LogP contribution in [0.1, 0.15) is 46.0 Å². The lowest BCUT2D eigenvalue weighted by Crippen LogP contribution is -2.55. The average molecular weight is 298 g/mol. The number of nitrogens with one attached hydrogen (secondary N) is 1. The molecule has 120 valence electrons. The molecule has 0 spiro atoms. The number of carbonyl (C=O) groups excluding carboxylic acids is 1. The summed E-state index contributed by atoms with van der Waals surface area (Å²) >= 11 is 0. The number of carbonyl (C=O) groups is 2. The fraction of sp³-hybridized carbons (Fsp3) is 0.867. The highest BCUT2D eigenvalue weighted by molar-refractivity contribution is 5.77. The molecule has 2 aliphatic rings. The van der Waals surface area contributed by atoms with E-state index in [0.29, 0.717) is 39.0 Å². The average Bonchev–Trinajstić information content (AvgIpc) is 2.44. The molecule has 0 atom stereocenters. The van der Waals surface area contributed by atoms with Crippen LogP contribution >= 0.6 is 0 Å². The van der Waals surface area contributed by atoms with Crippen LogP contribution in [0.3, 0.4) is 0 Å². The third-order valence-electron chi connectivity index (χ3n) is 4.96. The Balaban J connectivity index is 1.75. The van der Waals surface area contributed by atoms with Crippen molar-refractivity contribution in [1.82, 2.24) is 10.2 Å². The summed E-state index contributed by atoms with van der Waals surface area (Å²) in [6, 6.07) is 0.136. The Labute approximate surface area is 125 Å². The van der Waals surface area contributed by atoms with Crippen molar-refractivity contribution in [3.63, 3.8) is 0 Å². The molecule has 1 saturated heterocycles. The molecular weight excluding hydrogens is 272 g/mol. The lowest BCUT2D eigenvalue weighted by atomic mass is 9.76. The number of amides is 2. The molecule has 0 aromatic rings. The van der Waals surface area contributed by atoms with Crippen molar-refractivity contribution in [2.75, 3.05) is 19.7 Å². The maximum Gasteiger partial charge on any atom is 0.317 e. The smallest absolute Gasteiger partial charge is 0.317 e. The van der Waals surface area contributed by atoms with Crippen molar-refractivity contribution in [1.29, 1.82) is 0 Å². The minimum Gasteiger partial charge on any atom is -0.481 e. The van der Waals surface area contributed by atoms with E-state index in [9.17, 15) is 14.7 Å². The molecule has 2 rings (SSSR count). The second kappa shape index (κ2) is 6.64. The van der Waals surface area contributed by atoms with Gasteiger partial charge in [0.2, 0.25) is 0 Å². The Morgan fingerprint density at radius 1 is 1.29 bits per heavy atom. The number of aliphatic carboxylic acids is 1. The highest BCUT2D eigenvalue weighted by Crippen LogP contribution is 2.35. The van der Waals surface area contributed by atoms with Gasteiger partial charge in [-0.2, -0.15) is 0 Å². The Morgan fingerprint density at radius 2 is 1.90 bits per heavy atom. The predicted octanol–water partition coefficient (Wildman–Crippen LogP) is 1.84. The van der Waals surface area contributed by atoms with Crippen LogP contribution in [0.15, 0.2) is 0 Å². The first kappa shape index (κ1) is 16.1. The quantitative estimate of drug-likeness (QED) is 0.811. The van der Waals surface area contributed by atoms with Gasteiger partial charge in [0.1, 0.15) is 0 Å². The minimum absolute atomic E-state index is 0.0648. The van der Waals surface area contributed by atoms with Crippen LogP contribution in [0, 0.1) is 5.41 Å². The Morgan fingerprint density at radius 3 is 2.38 bits per heavy atom. The maximum atomic E-state index is 12.2. The van der Waals surface area contributed by atoms with Crippen molar-refractivity contribution in [2.45, 2.75) is 58.1 Å². The fourth-order valence-corrected chi connectivity index (χ4v) is 3.18. The molecule has 0 bridgehead atoms. The van der Waals surface area contributed by atoms with Crippen LogP contribution in [0.4, 0.5) is 4.79 Å². The molecule has 1 saturated carbocycles. The van der Waals surface area contributed by atoms with E-state index in [1.54, 1.807) is 4.90 Å². The van der Waals surface area contributed by atoms with E-state index in [0.717, 1.165) is 12.8 Å². The number of nitrogens with zero attached hydrogens (tertiary/aromatic N) is 1. The van der Waals surface area contributed by atoms with Crippen LogP contribution < -0.4 is 5.32 Å². The lowest BCUT2D eigenvalue weighted by molar-refractivity contribution is -0.152.